The van der Waals surface area contributed by atoms with Gasteiger partial charge >= 0.3 is 0 Å². The molecule has 22 heavy (non-hydrogen) atoms. The second kappa shape index (κ2) is 7.20. The smallest absolute Gasteiger partial charge is 0.234 e. The summed E-state index contributed by atoms with van der Waals surface area (Å²) in [4.78, 5) is 18.9. The van der Waals surface area contributed by atoms with Crippen molar-refractivity contribution < 1.29 is 4.79 Å². The first-order valence-corrected chi connectivity index (χ1v) is 8.40. The van der Waals surface area contributed by atoms with Gasteiger partial charge in [-0.25, -0.2) is 0 Å². The van der Waals surface area contributed by atoms with Gasteiger partial charge in [-0.15, -0.1) is 0 Å². The van der Waals surface area contributed by atoms with Gasteiger partial charge in [-0.3, -0.25) is 14.7 Å². The number of aromatic nitrogens is 1. The van der Waals surface area contributed by atoms with Gasteiger partial charge in [0, 0.05) is 25.0 Å². The lowest BCUT2D eigenvalue weighted by molar-refractivity contribution is -0.122. The summed E-state index contributed by atoms with van der Waals surface area (Å²) in [6.45, 7) is 7.18. The van der Waals surface area contributed by atoms with Gasteiger partial charge in [-0.1, -0.05) is 6.42 Å². The molecule has 2 aliphatic heterocycles. The molecule has 1 aromatic heterocycles. The third kappa shape index (κ3) is 3.65. The van der Waals surface area contributed by atoms with E-state index in [0.717, 1.165) is 38.3 Å². The summed E-state index contributed by atoms with van der Waals surface area (Å²) in [6, 6.07) is 0. The molecule has 1 fully saturated rings. The van der Waals surface area contributed by atoms with Crippen LogP contribution in [-0.2, 0) is 24.3 Å². The van der Waals surface area contributed by atoms with Crippen LogP contribution in [-0.4, -0.2) is 42.0 Å². The van der Waals surface area contributed by atoms with Crippen LogP contribution in [0.15, 0.2) is 6.20 Å². The van der Waals surface area contributed by atoms with Crippen molar-refractivity contribution in [2.24, 2.45) is 0 Å². The predicted molar refractivity (Wildman–Crippen MR) is 86.5 cm³/mol. The summed E-state index contributed by atoms with van der Waals surface area (Å²) >= 11 is 0. The summed E-state index contributed by atoms with van der Waals surface area (Å²) in [5.74, 6) is 0.132. The second-order valence-electron chi connectivity index (χ2n) is 6.37. The van der Waals surface area contributed by atoms with Gasteiger partial charge in [-0.05, 0) is 62.5 Å². The summed E-state index contributed by atoms with van der Waals surface area (Å²) in [5.41, 5.74) is 4.91. The first-order valence-electron chi connectivity index (χ1n) is 8.40. The van der Waals surface area contributed by atoms with E-state index in [9.17, 15) is 4.79 Å². The lowest BCUT2D eigenvalue weighted by Gasteiger charge is -2.26. The van der Waals surface area contributed by atoms with E-state index >= 15 is 0 Å². The van der Waals surface area contributed by atoms with Crippen LogP contribution in [0.25, 0.3) is 0 Å². The van der Waals surface area contributed by atoms with Crippen molar-refractivity contribution in [3.8, 4) is 0 Å². The van der Waals surface area contributed by atoms with Crippen LogP contribution in [0.4, 0.5) is 0 Å². The number of carbonyl (C=O) groups excluding carboxylic acids is 1. The molecule has 2 N–H and O–H groups in total. The van der Waals surface area contributed by atoms with E-state index in [1.807, 2.05) is 13.1 Å². The number of carbonyl (C=O) groups is 1. The second-order valence-corrected chi connectivity index (χ2v) is 6.37. The Morgan fingerprint density at radius 2 is 2.18 bits per heavy atom. The molecule has 0 aromatic carbocycles. The van der Waals surface area contributed by atoms with Gasteiger partial charge in [-0.2, -0.15) is 0 Å². The molecule has 120 valence electrons. The Hall–Kier alpha value is -1.46. The van der Waals surface area contributed by atoms with E-state index in [-0.39, 0.29) is 5.91 Å². The third-order valence-corrected chi connectivity index (χ3v) is 4.75. The molecule has 5 nitrogen and oxygen atoms in total. The molecule has 0 unspecified atom stereocenters. The zero-order chi connectivity index (χ0) is 15.4. The SMILES string of the molecule is Cc1ncc2c(c1CNC(=O)CN1CCCCC1)CCNC2. The Kier molecular flexibility index (Phi) is 5.05. The Morgan fingerprint density at radius 1 is 1.36 bits per heavy atom. The number of nitrogens with zero attached hydrogens (tertiary/aromatic N) is 2. The highest BCUT2D eigenvalue weighted by atomic mass is 16.2. The minimum absolute atomic E-state index is 0.132. The molecule has 2 aliphatic rings. The van der Waals surface area contributed by atoms with Crippen LogP contribution in [0.2, 0.25) is 0 Å². The minimum atomic E-state index is 0.132. The van der Waals surface area contributed by atoms with Crippen molar-refractivity contribution in [1.29, 1.82) is 0 Å². The van der Waals surface area contributed by atoms with Crippen molar-refractivity contribution in [3.05, 3.63) is 28.6 Å². The highest BCUT2D eigenvalue weighted by molar-refractivity contribution is 5.78. The highest BCUT2D eigenvalue weighted by Gasteiger charge is 2.17. The molecular weight excluding hydrogens is 276 g/mol. The normalized spacial score (nSPS) is 18.8. The Labute approximate surface area is 132 Å². The summed E-state index contributed by atoms with van der Waals surface area (Å²) in [7, 11) is 0. The van der Waals surface area contributed by atoms with Crippen LogP contribution >= 0.6 is 0 Å². The number of piperidine rings is 1. The molecule has 0 saturated carbocycles. The van der Waals surface area contributed by atoms with Crippen LogP contribution in [0, 0.1) is 6.92 Å². The molecule has 1 saturated heterocycles. The molecule has 1 aromatic rings. The van der Waals surface area contributed by atoms with Crippen molar-refractivity contribution in [1.82, 2.24) is 20.5 Å². The van der Waals surface area contributed by atoms with Gasteiger partial charge in [0.05, 0.1) is 6.54 Å². The first kappa shape index (κ1) is 15.4. The number of rotatable bonds is 4. The number of nitrogens with one attached hydrogen (secondary N) is 2. The third-order valence-electron chi connectivity index (χ3n) is 4.75. The van der Waals surface area contributed by atoms with Crippen LogP contribution in [0.3, 0.4) is 0 Å². The Bertz CT molecular complexity index is 538. The van der Waals surface area contributed by atoms with Crippen LogP contribution in [0.1, 0.15) is 41.6 Å². The Balaban J connectivity index is 1.60. The maximum atomic E-state index is 12.2. The van der Waals surface area contributed by atoms with E-state index in [1.54, 1.807) is 0 Å². The molecule has 0 radical (unpaired) electrons. The van der Waals surface area contributed by atoms with Gasteiger partial charge in [0.15, 0.2) is 0 Å². The van der Waals surface area contributed by atoms with E-state index in [1.165, 1.54) is 36.0 Å². The fourth-order valence-electron chi connectivity index (χ4n) is 3.44. The highest BCUT2D eigenvalue weighted by Crippen LogP contribution is 2.20. The predicted octanol–water partition coefficient (Wildman–Crippen LogP) is 1.14. The number of aryl methyl sites for hydroxylation is 1. The largest absolute Gasteiger partial charge is 0.351 e. The lowest BCUT2D eigenvalue weighted by Crippen LogP contribution is -2.40. The average molecular weight is 302 g/mol. The average Bonchev–Trinajstić information content (AvgIpc) is 2.55. The number of pyridine rings is 1. The minimum Gasteiger partial charge on any atom is -0.351 e. The number of likely N-dealkylation sites (tertiary alicyclic amines) is 1. The molecule has 3 rings (SSSR count). The van der Waals surface area contributed by atoms with Gasteiger partial charge in [0.25, 0.3) is 0 Å². The maximum Gasteiger partial charge on any atom is 0.234 e. The number of fused-ring (bicyclic) bond motifs is 1. The topological polar surface area (TPSA) is 57.3 Å². The number of amides is 1. The van der Waals surface area contributed by atoms with Crippen LogP contribution in [0.5, 0.6) is 0 Å². The molecule has 5 heteroatoms. The summed E-state index contributed by atoms with van der Waals surface area (Å²) in [5, 5.41) is 6.47. The van der Waals surface area contributed by atoms with Gasteiger partial charge < -0.3 is 10.6 Å². The monoisotopic (exact) mass is 302 g/mol. The van der Waals surface area contributed by atoms with Crippen LogP contribution < -0.4 is 10.6 Å². The number of hydrogen-bond acceptors (Lipinski definition) is 4. The molecule has 0 spiro atoms. The quantitative estimate of drug-likeness (QED) is 0.876. The fraction of sp³-hybridized carbons (Fsp3) is 0.647. The van der Waals surface area contributed by atoms with E-state index in [0.29, 0.717) is 13.1 Å². The first-order chi connectivity index (χ1) is 10.7. The summed E-state index contributed by atoms with van der Waals surface area (Å²) in [6.07, 6.45) is 6.73. The molecule has 3 heterocycles. The van der Waals surface area contributed by atoms with E-state index < -0.39 is 0 Å². The molecular formula is C17H26N4O. The van der Waals surface area contributed by atoms with Crippen molar-refractivity contribution >= 4 is 5.91 Å². The van der Waals surface area contributed by atoms with E-state index in [4.69, 9.17) is 0 Å². The molecule has 0 aliphatic carbocycles. The molecule has 1 amide bonds. The lowest BCUT2D eigenvalue weighted by atomic mass is 9.96. The summed E-state index contributed by atoms with van der Waals surface area (Å²) < 4.78 is 0. The standard InChI is InChI=1S/C17H26N4O/c1-13-16(15-5-6-18-9-14(15)10-19-13)11-20-17(22)12-21-7-3-2-4-8-21/h10,18H,2-9,11-12H2,1H3,(H,20,22). The van der Waals surface area contributed by atoms with Crippen molar-refractivity contribution in [2.75, 3.05) is 26.2 Å². The maximum absolute atomic E-state index is 12.2. The van der Waals surface area contributed by atoms with E-state index in [2.05, 4.69) is 20.5 Å². The Morgan fingerprint density at radius 3 is 3.00 bits per heavy atom. The van der Waals surface area contributed by atoms with Gasteiger partial charge in [0.2, 0.25) is 5.91 Å². The zero-order valence-electron chi connectivity index (χ0n) is 13.5. The molecule has 0 bridgehead atoms. The van der Waals surface area contributed by atoms with Gasteiger partial charge in [0.1, 0.15) is 0 Å². The van der Waals surface area contributed by atoms with Crippen molar-refractivity contribution in [3.63, 3.8) is 0 Å². The zero-order valence-corrected chi connectivity index (χ0v) is 13.5. The molecule has 0 atom stereocenters. The fourth-order valence-corrected chi connectivity index (χ4v) is 3.44. The van der Waals surface area contributed by atoms with Crippen molar-refractivity contribution in [2.45, 2.75) is 45.7 Å². The number of hydrogen-bond donors (Lipinski definition) is 2.